The highest BCUT2D eigenvalue weighted by Gasteiger charge is 1.97. The molecule has 3 heteroatoms. The highest BCUT2D eigenvalue weighted by atomic mass is 79.9. The lowest BCUT2D eigenvalue weighted by Gasteiger charge is -2.01. The summed E-state index contributed by atoms with van der Waals surface area (Å²) in [6.45, 7) is 0. The van der Waals surface area contributed by atoms with E-state index in [-0.39, 0.29) is 0 Å². The third kappa shape index (κ3) is 1.77. The van der Waals surface area contributed by atoms with Gasteiger partial charge < -0.3 is 4.57 Å². The van der Waals surface area contributed by atoms with Gasteiger partial charge in [0.2, 0.25) is 0 Å². The molecule has 0 unspecified atom stereocenters. The molecule has 1 heterocycles. The minimum Gasteiger partial charge on any atom is -0.323 e. The van der Waals surface area contributed by atoms with E-state index in [2.05, 4.69) is 15.9 Å². The molecule has 1 aromatic heterocycles. The van der Waals surface area contributed by atoms with Crippen molar-refractivity contribution in [2.24, 2.45) is 0 Å². The molecule has 0 radical (unpaired) electrons. The second kappa shape index (κ2) is 3.80. The van der Waals surface area contributed by atoms with Crippen molar-refractivity contribution in [3.8, 4) is 5.69 Å². The first kappa shape index (κ1) is 9.21. The van der Waals surface area contributed by atoms with Gasteiger partial charge in [0, 0.05) is 28.1 Å². The molecule has 0 saturated heterocycles. The van der Waals surface area contributed by atoms with E-state index in [9.17, 15) is 4.79 Å². The van der Waals surface area contributed by atoms with E-state index >= 15 is 0 Å². The molecular formula is C11H8BrNO. The Hall–Kier alpha value is -1.35. The van der Waals surface area contributed by atoms with Crippen molar-refractivity contribution >= 4 is 22.2 Å². The summed E-state index contributed by atoms with van der Waals surface area (Å²) in [6, 6.07) is 9.69. The first-order chi connectivity index (χ1) is 6.79. The highest BCUT2D eigenvalue weighted by Crippen LogP contribution is 2.14. The number of rotatable bonds is 2. The largest absolute Gasteiger partial charge is 0.323 e. The van der Waals surface area contributed by atoms with Crippen LogP contribution in [0.5, 0.6) is 0 Å². The SMILES string of the molecule is O=Cc1ccn(-c2ccc(Br)cc2)c1. The fraction of sp³-hybridized carbons (Fsp3) is 0. The number of hydrogen-bond acceptors (Lipinski definition) is 1. The van der Waals surface area contributed by atoms with Crippen LogP contribution in [0.15, 0.2) is 47.2 Å². The number of carbonyl (C=O) groups is 1. The Balaban J connectivity index is 2.39. The minimum atomic E-state index is 0.688. The van der Waals surface area contributed by atoms with E-state index < -0.39 is 0 Å². The topological polar surface area (TPSA) is 22.0 Å². The number of nitrogens with zero attached hydrogens (tertiary/aromatic N) is 1. The average molecular weight is 250 g/mol. The van der Waals surface area contributed by atoms with Gasteiger partial charge in [-0.1, -0.05) is 15.9 Å². The smallest absolute Gasteiger partial charge is 0.151 e. The summed E-state index contributed by atoms with van der Waals surface area (Å²) < 4.78 is 2.96. The van der Waals surface area contributed by atoms with Gasteiger partial charge >= 0.3 is 0 Å². The molecule has 0 amide bonds. The molecule has 0 aliphatic carbocycles. The fourth-order valence-corrected chi connectivity index (χ4v) is 1.52. The second-order valence-electron chi connectivity index (χ2n) is 2.95. The Morgan fingerprint density at radius 1 is 1.14 bits per heavy atom. The van der Waals surface area contributed by atoms with Gasteiger partial charge in [0.05, 0.1) is 0 Å². The van der Waals surface area contributed by atoms with Crippen molar-refractivity contribution in [3.63, 3.8) is 0 Å². The molecule has 0 saturated carbocycles. The van der Waals surface area contributed by atoms with Crippen LogP contribution in [0.2, 0.25) is 0 Å². The van der Waals surface area contributed by atoms with Gasteiger partial charge in [0.1, 0.15) is 0 Å². The summed E-state index contributed by atoms with van der Waals surface area (Å²) in [7, 11) is 0. The van der Waals surface area contributed by atoms with Crippen LogP contribution in [0.25, 0.3) is 5.69 Å². The maximum absolute atomic E-state index is 10.5. The molecule has 0 aliphatic heterocycles. The maximum atomic E-state index is 10.5. The Morgan fingerprint density at radius 3 is 2.43 bits per heavy atom. The number of hydrogen-bond donors (Lipinski definition) is 0. The van der Waals surface area contributed by atoms with Gasteiger partial charge in [-0.25, -0.2) is 0 Å². The fourth-order valence-electron chi connectivity index (χ4n) is 1.26. The molecule has 2 aromatic rings. The van der Waals surface area contributed by atoms with Crippen molar-refractivity contribution < 1.29 is 4.79 Å². The van der Waals surface area contributed by atoms with Crippen molar-refractivity contribution in [1.29, 1.82) is 0 Å². The van der Waals surface area contributed by atoms with Gasteiger partial charge in [0.25, 0.3) is 0 Å². The van der Waals surface area contributed by atoms with Crippen molar-refractivity contribution in [3.05, 3.63) is 52.8 Å². The number of aldehydes is 1. The van der Waals surface area contributed by atoms with E-state index in [0.717, 1.165) is 16.4 Å². The molecule has 2 rings (SSSR count). The highest BCUT2D eigenvalue weighted by molar-refractivity contribution is 9.10. The Labute approximate surface area is 90.3 Å². The van der Waals surface area contributed by atoms with Crippen molar-refractivity contribution in [2.75, 3.05) is 0 Å². The number of halogens is 1. The molecule has 0 aliphatic rings. The van der Waals surface area contributed by atoms with Crippen LogP contribution in [0, 0.1) is 0 Å². The van der Waals surface area contributed by atoms with Crippen LogP contribution in [0.1, 0.15) is 10.4 Å². The lowest BCUT2D eigenvalue weighted by atomic mass is 10.3. The minimum absolute atomic E-state index is 0.688. The quantitative estimate of drug-likeness (QED) is 0.751. The molecular weight excluding hydrogens is 242 g/mol. The Kier molecular flexibility index (Phi) is 2.50. The molecule has 1 aromatic carbocycles. The predicted octanol–water partition coefficient (Wildman–Crippen LogP) is 3.05. The molecule has 0 bridgehead atoms. The Bertz CT molecular complexity index is 445. The Morgan fingerprint density at radius 2 is 1.86 bits per heavy atom. The average Bonchev–Trinajstić information content (AvgIpc) is 2.67. The van der Waals surface area contributed by atoms with Gasteiger partial charge in [-0.05, 0) is 30.3 Å². The van der Waals surface area contributed by atoms with E-state index in [4.69, 9.17) is 0 Å². The zero-order chi connectivity index (χ0) is 9.97. The first-order valence-corrected chi connectivity index (χ1v) is 4.98. The van der Waals surface area contributed by atoms with Crippen LogP contribution < -0.4 is 0 Å². The zero-order valence-electron chi connectivity index (χ0n) is 7.35. The predicted molar refractivity (Wildman–Crippen MR) is 58.9 cm³/mol. The van der Waals surface area contributed by atoms with E-state index in [0.29, 0.717) is 5.56 Å². The van der Waals surface area contributed by atoms with Crippen molar-refractivity contribution in [1.82, 2.24) is 4.57 Å². The monoisotopic (exact) mass is 249 g/mol. The zero-order valence-corrected chi connectivity index (χ0v) is 8.94. The summed E-state index contributed by atoms with van der Waals surface area (Å²) in [5, 5.41) is 0. The summed E-state index contributed by atoms with van der Waals surface area (Å²) in [6.07, 6.45) is 4.51. The maximum Gasteiger partial charge on any atom is 0.151 e. The van der Waals surface area contributed by atoms with Gasteiger partial charge in [0.15, 0.2) is 6.29 Å². The van der Waals surface area contributed by atoms with E-state index in [1.807, 2.05) is 35.0 Å². The van der Waals surface area contributed by atoms with Gasteiger partial charge in [-0.2, -0.15) is 0 Å². The van der Waals surface area contributed by atoms with Crippen LogP contribution in [-0.2, 0) is 0 Å². The standard InChI is InChI=1S/C11H8BrNO/c12-10-1-3-11(4-2-10)13-6-5-9(7-13)8-14/h1-8H. The van der Waals surface area contributed by atoms with Crippen LogP contribution >= 0.6 is 15.9 Å². The van der Waals surface area contributed by atoms with Crippen LogP contribution in [0.4, 0.5) is 0 Å². The van der Waals surface area contributed by atoms with Crippen LogP contribution in [0.3, 0.4) is 0 Å². The van der Waals surface area contributed by atoms with Gasteiger partial charge in [-0.3, -0.25) is 4.79 Å². The third-order valence-corrected chi connectivity index (χ3v) is 2.51. The second-order valence-corrected chi connectivity index (χ2v) is 3.86. The summed E-state index contributed by atoms with van der Waals surface area (Å²) >= 11 is 3.37. The normalized spacial score (nSPS) is 10.1. The molecule has 0 spiro atoms. The molecule has 2 nitrogen and oxygen atoms in total. The summed E-state index contributed by atoms with van der Waals surface area (Å²) in [4.78, 5) is 10.5. The van der Waals surface area contributed by atoms with Gasteiger partial charge in [-0.15, -0.1) is 0 Å². The molecule has 14 heavy (non-hydrogen) atoms. The summed E-state index contributed by atoms with van der Waals surface area (Å²) in [5.41, 5.74) is 1.73. The first-order valence-electron chi connectivity index (χ1n) is 4.19. The molecule has 70 valence electrons. The lowest BCUT2D eigenvalue weighted by molar-refractivity contribution is 0.112. The molecule has 0 fully saturated rings. The number of aromatic nitrogens is 1. The number of benzene rings is 1. The third-order valence-electron chi connectivity index (χ3n) is 1.98. The lowest BCUT2D eigenvalue weighted by Crippen LogP contribution is -1.88. The number of carbonyl (C=O) groups excluding carboxylic acids is 1. The van der Waals surface area contributed by atoms with Crippen molar-refractivity contribution in [2.45, 2.75) is 0 Å². The molecule has 0 N–H and O–H groups in total. The van der Waals surface area contributed by atoms with E-state index in [1.165, 1.54) is 0 Å². The van der Waals surface area contributed by atoms with Crippen LogP contribution in [-0.4, -0.2) is 10.9 Å². The molecule has 0 atom stereocenters. The summed E-state index contributed by atoms with van der Waals surface area (Å²) in [5.74, 6) is 0. The van der Waals surface area contributed by atoms with E-state index in [1.54, 1.807) is 12.3 Å².